The molecule has 0 saturated carbocycles. The van der Waals surface area contributed by atoms with Crippen molar-refractivity contribution >= 4 is 11.8 Å². The highest BCUT2D eigenvalue weighted by Crippen LogP contribution is 2.32. The van der Waals surface area contributed by atoms with Crippen LogP contribution >= 0.6 is 11.8 Å². The van der Waals surface area contributed by atoms with Gasteiger partial charge in [-0.05, 0) is 24.6 Å². The molecular weight excluding hydrogens is 237 g/mol. The minimum Gasteiger partial charge on any atom is -0.330 e. The molecule has 0 aliphatic carbocycles. The SMILES string of the molecule is Cn1cc(Sc2c(F)cccc2CCN)cn1. The summed E-state index contributed by atoms with van der Waals surface area (Å²) >= 11 is 1.39. The van der Waals surface area contributed by atoms with Crippen LogP contribution in [0.2, 0.25) is 0 Å². The van der Waals surface area contributed by atoms with Crippen molar-refractivity contribution in [1.29, 1.82) is 0 Å². The highest BCUT2D eigenvalue weighted by atomic mass is 32.2. The fourth-order valence-corrected chi connectivity index (χ4v) is 2.60. The van der Waals surface area contributed by atoms with Gasteiger partial charge in [0.1, 0.15) is 5.82 Å². The Bertz CT molecular complexity index is 510. The van der Waals surface area contributed by atoms with Crippen molar-refractivity contribution in [2.24, 2.45) is 12.8 Å². The van der Waals surface area contributed by atoms with Gasteiger partial charge in [0.2, 0.25) is 0 Å². The fourth-order valence-electron chi connectivity index (χ4n) is 1.59. The molecule has 5 heteroatoms. The van der Waals surface area contributed by atoms with E-state index in [1.165, 1.54) is 17.8 Å². The van der Waals surface area contributed by atoms with Crippen LogP contribution in [0.15, 0.2) is 40.4 Å². The smallest absolute Gasteiger partial charge is 0.137 e. The maximum Gasteiger partial charge on any atom is 0.137 e. The number of aryl methyl sites for hydroxylation is 1. The molecule has 1 aromatic carbocycles. The Hall–Kier alpha value is -1.33. The topological polar surface area (TPSA) is 43.8 Å². The lowest BCUT2D eigenvalue weighted by molar-refractivity contribution is 0.597. The van der Waals surface area contributed by atoms with E-state index >= 15 is 0 Å². The molecule has 0 atom stereocenters. The number of halogens is 1. The molecule has 1 heterocycles. The van der Waals surface area contributed by atoms with E-state index in [1.807, 2.05) is 19.3 Å². The van der Waals surface area contributed by atoms with Crippen LogP contribution in [0, 0.1) is 5.82 Å². The van der Waals surface area contributed by atoms with Gasteiger partial charge < -0.3 is 5.73 Å². The second-order valence-corrected chi connectivity index (χ2v) is 4.80. The van der Waals surface area contributed by atoms with Gasteiger partial charge in [0.05, 0.1) is 16.0 Å². The second-order valence-electron chi connectivity index (χ2n) is 3.72. The third kappa shape index (κ3) is 2.87. The lowest BCUT2D eigenvalue weighted by Gasteiger charge is -2.07. The van der Waals surface area contributed by atoms with Gasteiger partial charge in [0, 0.05) is 13.2 Å². The summed E-state index contributed by atoms with van der Waals surface area (Å²) in [4.78, 5) is 1.57. The molecule has 0 saturated heterocycles. The summed E-state index contributed by atoms with van der Waals surface area (Å²) in [5.41, 5.74) is 6.47. The first kappa shape index (κ1) is 12.1. The van der Waals surface area contributed by atoms with Gasteiger partial charge in [-0.25, -0.2) is 4.39 Å². The first-order valence-corrected chi connectivity index (χ1v) is 6.16. The third-order valence-electron chi connectivity index (χ3n) is 2.36. The number of hydrogen-bond donors (Lipinski definition) is 1. The Kier molecular flexibility index (Phi) is 3.81. The molecule has 2 aromatic rings. The van der Waals surface area contributed by atoms with Crippen LogP contribution in [-0.4, -0.2) is 16.3 Å². The fraction of sp³-hybridized carbons (Fsp3) is 0.250. The maximum atomic E-state index is 13.8. The minimum absolute atomic E-state index is 0.204. The van der Waals surface area contributed by atoms with E-state index in [-0.39, 0.29) is 5.82 Å². The van der Waals surface area contributed by atoms with E-state index in [4.69, 9.17) is 5.73 Å². The zero-order valence-corrected chi connectivity index (χ0v) is 10.4. The molecule has 0 unspecified atom stereocenters. The molecule has 0 bridgehead atoms. The second kappa shape index (κ2) is 5.33. The van der Waals surface area contributed by atoms with Crippen molar-refractivity contribution in [3.63, 3.8) is 0 Å². The Morgan fingerprint density at radius 2 is 2.29 bits per heavy atom. The number of hydrogen-bond acceptors (Lipinski definition) is 3. The van der Waals surface area contributed by atoms with E-state index in [0.717, 1.165) is 10.5 Å². The van der Waals surface area contributed by atoms with Gasteiger partial charge in [-0.2, -0.15) is 5.10 Å². The molecule has 0 aliphatic heterocycles. The standard InChI is InChI=1S/C12H14FN3S/c1-16-8-10(7-15-16)17-12-9(5-6-14)3-2-4-11(12)13/h2-4,7-8H,5-6,14H2,1H3. The van der Waals surface area contributed by atoms with Crippen LogP contribution < -0.4 is 5.73 Å². The minimum atomic E-state index is -0.204. The number of nitrogens with zero attached hydrogens (tertiary/aromatic N) is 2. The normalized spacial score (nSPS) is 10.8. The number of benzene rings is 1. The van der Waals surface area contributed by atoms with Crippen molar-refractivity contribution in [2.75, 3.05) is 6.54 Å². The molecule has 1 aromatic heterocycles. The summed E-state index contributed by atoms with van der Waals surface area (Å²) in [6.45, 7) is 0.518. The lowest BCUT2D eigenvalue weighted by Crippen LogP contribution is -2.04. The Morgan fingerprint density at radius 3 is 2.94 bits per heavy atom. The zero-order chi connectivity index (χ0) is 12.3. The van der Waals surface area contributed by atoms with Crippen LogP contribution in [0.5, 0.6) is 0 Å². The van der Waals surface area contributed by atoms with Crippen molar-refractivity contribution in [3.05, 3.63) is 42.0 Å². The molecule has 0 amide bonds. The molecule has 0 aliphatic rings. The van der Waals surface area contributed by atoms with Crippen LogP contribution in [0.3, 0.4) is 0 Å². The summed E-state index contributed by atoms with van der Waals surface area (Å²) in [6, 6.07) is 5.10. The first-order valence-electron chi connectivity index (χ1n) is 5.34. The summed E-state index contributed by atoms with van der Waals surface area (Å²) in [5, 5.41) is 4.07. The van der Waals surface area contributed by atoms with Crippen molar-refractivity contribution in [1.82, 2.24) is 9.78 Å². The Labute approximate surface area is 104 Å². The highest BCUT2D eigenvalue weighted by Gasteiger charge is 2.10. The van der Waals surface area contributed by atoms with Crippen molar-refractivity contribution in [2.45, 2.75) is 16.2 Å². The Morgan fingerprint density at radius 1 is 1.47 bits per heavy atom. The number of rotatable bonds is 4. The lowest BCUT2D eigenvalue weighted by atomic mass is 10.1. The quantitative estimate of drug-likeness (QED) is 0.906. The van der Waals surface area contributed by atoms with Gasteiger partial charge in [-0.1, -0.05) is 23.9 Å². The molecule has 0 spiro atoms. The summed E-state index contributed by atoms with van der Waals surface area (Å²) < 4.78 is 15.5. The molecule has 0 radical (unpaired) electrons. The molecule has 2 rings (SSSR count). The van der Waals surface area contributed by atoms with Gasteiger partial charge in [-0.15, -0.1) is 0 Å². The summed E-state index contributed by atoms with van der Waals surface area (Å²) in [5.74, 6) is -0.204. The largest absolute Gasteiger partial charge is 0.330 e. The predicted octanol–water partition coefficient (Wildman–Crippen LogP) is 2.21. The van der Waals surface area contributed by atoms with E-state index < -0.39 is 0 Å². The zero-order valence-electron chi connectivity index (χ0n) is 9.56. The van der Waals surface area contributed by atoms with E-state index in [9.17, 15) is 4.39 Å². The van der Waals surface area contributed by atoms with Crippen LogP contribution in [0.25, 0.3) is 0 Å². The van der Waals surface area contributed by atoms with Gasteiger partial charge in [0.15, 0.2) is 0 Å². The maximum absolute atomic E-state index is 13.8. The van der Waals surface area contributed by atoms with Gasteiger partial charge in [-0.3, -0.25) is 4.68 Å². The Balaban J connectivity index is 2.30. The van der Waals surface area contributed by atoms with Gasteiger partial charge >= 0.3 is 0 Å². The first-order chi connectivity index (χ1) is 8.20. The van der Waals surface area contributed by atoms with Crippen molar-refractivity contribution < 1.29 is 4.39 Å². The predicted molar refractivity (Wildman–Crippen MR) is 66.5 cm³/mol. The molecule has 3 nitrogen and oxygen atoms in total. The van der Waals surface area contributed by atoms with Crippen LogP contribution in [0.4, 0.5) is 4.39 Å². The van der Waals surface area contributed by atoms with Crippen molar-refractivity contribution in [3.8, 4) is 0 Å². The number of aromatic nitrogens is 2. The number of nitrogens with two attached hydrogens (primary N) is 1. The monoisotopic (exact) mass is 251 g/mol. The van der Waals surface area contributed by atoms with Crippen LogP contribution in [-0.2, 0) is 13.5 Å². The van der Waals surface area contributed by atoms with Crippen LogP contribution in [0.1, 0.15) is 5.56 Å². The highest BCUT2D eigenvalue weighted by molar-refractivity contribution is 7.99. The van der Waals surface area contributed by atoms with E-state index in [2.05, 4.69) is 5.10 Å². The van der Waals surface area contributed by atoms with Gasteiger partial charge in [0.25, 0.3) is 0 Å². The molecule has 17 heavy (non-hydrogen) atoms. The average Bonchev–Trinajstić information content (AvgIpc) is 2.70. The molecular formula is C12H14FN3S. The average molecular weight is 251 g/mol. The molecule has 2 N–H and O–H groups in total. The summed E-state index contributed by atoms with van der Waals surface area (Å²) in [7, 11) is 1.84. The van der Waals surface area contributed by atoms with E-state index in [1.54, 1.807) is 16.9 Å². The molecule has 0 fully saturated rings. The van der Waals surface area contributed by atoms with E-state index in [0.29, 0.717) is 17.9 Å². The third-order valence-corrected chi connectivity index (χ3v) is 3.47. The molecule has 90 valence electrons. The summed E-state index contributed by atoms with van der Waals surface area (Å²) in [6.07, 6.45) is 4.27.